The van der Waals surface area contributed by atoms with E-state index in [1.807, 2.05) is 17.0 Å². The molecule has 1 amide bonds. The molecule has 3 aromatic carbocycles. The third-order valence-corrected chi connectivity index (χ3v) is 5.95. The molecule has 0 saturated carbocycles. The van der Waals surface area contributed by atoms with Crippen molar-refractivity contribution in [2.75, 3.05) is 26.2 Å². The Balaban J connectivity index is 1.41. The Morgan fingerprint density at radius 1 is 0.806 bits per heavy atom. The summed E-state index contributed by atoms with van der Waals surface area (Å²) in [5, 5.41) is 0.647. The molecule has 0 bridgehead atoms. The number of ether oxygens (including phenoxy) is 1. The fourth-order valence-electron chi connectivity index (χ4n) is 4.11. The van der Waals surface area contributed by atoms with E-state index in [9.17, 15) is 4.79 Å². The van der Waals surface area contributed by atoms with E-state index in [1.54, 1.807) is 31.2 Å². The lowest BCUT2D eigenvalue weighted by molar-refractivity contribution is -0.140. The molecule has 5 heteroatoms. The largest absolute Gasteiger partial charge is 0.481 e. The zero-order chi connectivity index (χ0) is 21.6. The van der Waals surface area contributed by atoms with Crippen LogP contribution in [0, 0.1) is 0 Å². The first-order chi connectivity index (χ1) is 15.1. The van der Waals surface area contributed by atoms with Gasteiger partial charge in [0.25, 0.3) is 5.91 Å². The predicted octanol–water partition coefficient (Wildman–Crippen LogP) is 5.04. The van der Waals surface area contributed by atoms with E-state index >= 15 is 0 Å². The molecule has 1 saturated heterocycles. The van der Waals surface area contributed by atoms with Gasteiger partial charge in [0, 0.05) is 31.2 Å². The number of nitrogens with zero attached hydrogens (tertiary/aromatic N) is 2. The van der Waals surface area contributed by atoms with Gasteiger partial charge < -0.3 is 9.64 Å². The van der Waals surface area contributed by atoms with Gasteiger partial charge in [0.2, 0.25) is 0 Å². The third-order valence-electron chi connectivity index (χ3n) is 5.70. The maximum Gasteiger partial charge on any atom is 0.263 e. The van der Waals surface area contributed by atoms with Crippen LogP contribution in [0.3, 0.4) is 0 Å². The van der Waals surface area contributed by atoms with Gasteiger partial charge in [-0.25, -0.2) is 0 Å². The second kappa shape index (κ2) is 9.99. The number of hydrogen-bond donors (Lipinski definition) is 0. The second-order valence-corrected chi connectivity index (χ2v) is 8.24. The summed E-state index contributed by atoms with van der Waals surface area (Å²) in [4.78, 5) is 17.3. The summed E-state index contributed by atoms with van der Waals surface area (Å²) in [6, 6.07) is 28.4. The molecule has 1 heterocycles. The number of halogens is 1. The van der Waals surface area contributed by atoms with Crippen molar-refractivity contribution in [1.29, 1.82) is 0 Å². The van der Waals surface area contributed by atoms with Gasteiger partial charge in [0.15, 0.2) is 6.10 Å². The Bertz CT molecular complexity index is 932. The summed E-state index contributed by atoms with van der Waals surface area (Å²) in [6.07, 6.45) is -0.535. The van der Waals surface area contributed by atoms with E-state index in [4.69, 9.17) is 16.3 Å². The van der Waals surface area contributed by atoms with Crippen molar-refractivity contribution >= 4 is 17.5 Å². The highest BCUT2D eigenvalue weighted by Crippen LogP contribution is 2.29. The fourth-order valence-corrected chi connectivity index (χ4v) is 4.24. The average Bonchev–Trinajstić information content (AvgIpc) is 2.82. The van der Waals surface area contributed by atoms with Gasteiger partial charge in [0.05, 0.1) is 6.04 Å². The Kier molecular flexibility index (Phi) is 6.90. The maximum absolute atomic E-state index is 12.9. The first-order valence-corrected chi connectivity index (χ1v) is 11.0. The first kappa shape index (κ1) is 21.4. The van der Waals surface area contributed by atoms with Gasteiger partial charge in [-0.15, -0.1) is 0 Å². The maximum atomic E-state index is 12.9. The molecule has 0 spiro atoms. The summed E-state index contributed by atoms with van der Waals surface area (Å²) >= 11 is 5.92. The van der Waals surface area contributed by atoms with Crippen molar-refractivity contribution < 1.29 is 9.53 Å². The molecule has 31 heavy (non-hydrogen) atoms. The van der Waals surface area contributed by atoms with Crippen LogP contribution in [0.5, 0.6) is 5.75 Å². The van der Waals surface area contributed by atoms with Crippen molar-refractivity contribution in [3.63, 3.8) is 0 Å². The molecule has 1 atom stereocenters. The van der Waals surface area contributed by atoms with E-state index in [-0.39, 0.29) is 11.9 Å². The van der Waals surface area contributed by atoms with Gasteiger partial charge in [0.1, 0.15) is 5.75 Å². The molecule has 0 unspecified atom stereocenters. The van der Waals surface area contributed by atoms with Crippen molar-refractivity contribution in [2.24, 2.45) is 0 Å². The molecule has 1 fully saturated rings. The Hall–Kier alpha value is -2.82. The summed E-state index contributed by atoms with van der Waals surface area (Å²) in [7, 11) is 0. The lowest BCUT2D eigenvalue weighted by Crippen LogP contribution is -2.52. The van der Waals surface area contributed by atoms with Crippen LogP contribution in [0.2, 0.25) is 5.02 Å². The van der Waals surface area contributed by atoms with E-state index in [2.05, 4.69) is 53.4 Å². The van der Waals surface area contributed by atoms with Crippen molar-refractivity contribution in [1.82, 2.24) is 9.80 Å². The summed E-state index contributed by atoms with van der Waals surface area (Å²) in [5.74, 6) is 0.669. The minimum Gasteiger partial charge on any atom is -0.481 e. The van der Waals surface area contributed by atoms with Gasteiger partial charge in [-0.2, -0.15) is 0 Å². The zero-order valence-corrected chi connectivity index (χ0v) is 18.4. The van der Waals surface area contributed by atoms with Gasteiger partial charge in [-0.05, 0) is 42.3 Å². The highest BCUT2D eigenvalue weighted by molar-refractivity contribution is 6.30. The van der Waals surface area contributed by atoms with E-state index in [0.29, 0.717) is 23.9 Å². The molecule has 1 aliphatic rings. The van der Waals surface area contributed by atoms with Crippen LogP contribution >= 0.6 is 11.6 Å². The number of carbonyl (C=O) groups excluding carboxylic acids is 1. The lowest BCUT2D eigenvalue weighted by atomic mass is 9.96. The molecule has 0 aromatic heterocycles. The number of benzene rings is 3. The summed E-state index contributed by atoms with van der Waals surface area (Å²) in [6.45, 7) is 4.80. The van der Waals surface area contributed by atoms with Crippen LogP contribution in [0.25, 0.3) is 0 Å². The van der Waals surface area contributed by atoms with Crippen LogP contribution in [-0.2, 0) is 4.79 Å². The number of carbonyl (C=O) groups is 1. The number of hydrogen-bond acceptors (Lipinski definition) is 3. The number of piperazine rings is 1. The van der Waals surface area contributed by atoms with Crippen LogP contribution < -0.4 is 4.74 Å². The zero-order valence-electron chi connectivity index (χ0n) is 17.7. The number of amides is 1. The third kappa shape index (κ3) is 5.27. The molecule has 4 rings (SSSR count). The van der Waals surface area contributed by atoms with Crippen LogP contribution in [0.1, 0.15) is 24.1 Å². The van der Waals surface area contributed by atoms with E-state index < -0.39 is 6.10 Å². The van der Waals surface area contributed by atoms with E-state index in [1.165, 1.54) is 11.1 Å². The molecule has 1 aliphatic heterocycles. The molecule has 3 aromatic rings. The topological polar surface area (TPSA) is 32.8 Å². The number of rotatable bonds is 6. The highest BCUT2D eigenvalue weighted by atomic mass is 35.5. The first-order valence-electron chi connectivity index (χ1n) is 10.7. The summed E-state index contributed by atoms with van der Waals surface area (Å²) < 4.78 is 5.83. The van der Waals surface area contributed by atoms with Crippen molar-refractivity contribution in [3.8, 4) is 5.75 Å². The van der Waals surface area contributed by atoms with Crippen molar-refractivity contribution in [3.05, 3.63) is 101 Å². The highest BCUT2D eigenvalue weighted by Gasteiger charge is 2.30. The van der Waals surface area contributed by atoms with E-state index in [0.717, 1.165) is 13.1 Å². The smallest absolute Gasteiger partial charge is 0.263 e. The average molecular weight is 435 g/mol. The minimum atomic E-state index is -0.535. The monoisotopic (exact) mass is 434 g/mol. The van der Waals surface area contributed by atoms with Crippen molar-refractivity contribution in [2.45, 2.75) is 19.1 Å². The fraction of sp³-hybridized carbons (Fsp3) is 0.269. The predicted molar refractivity (Wildman–Crippen MR) is 124 cm³/mol. The Morgan fingerprint density at radius 2 is 1.32 bits per heavy atom. The molecule has 4 nitrogen and oxygen atoms in total. The molecule has 0 radical (unpaired) electrons. The standard InChI is InChI=1S/C26H27ClN2O2/c1-20(31-24-14-12-23(27)13-15-24)26(30)29-18-16-28(17-19-29)25(21-8-4-2-5-9-21)22-10-6-3-7-11-22/h2-15,20,25H,16-19H2,1H3/t20-/m0/s1. The summed E-state index contributed by atoms with van der Waals surface area (Å²) in [5.41, 5.74) is 2.54. The normalized spacial score (nSPS) is 15.6. The molecule has 0 aliphatic carbocycles. The minimum absolute atomic E-state index is 0.0190. The van der Waals surface area contributed by atoms with Crippen LogP contribution in [0.4, 0.5) is 0 Å². The lowest BCUT2D eigenvalue weighted by Gasteiger charge is -2.40. The second-order valence-electron chi connectivity index (χ2n) is 7.80. The van der Waals surface area contributed by atoms with Crippen LogP contribution in [-0.4, -0.2) is 48.0 Å². The van der Waals surface area contributed by atoms with Gasteiger partial charge in [-0.3, -0.25) is 9.69 Å². The van der Waals surface area contributed by atoms with Crippen LogP contribution in [0.15, 0.2) is 84.9 Å². The van der Waals surface area contributed by atoms with Gasteiger partial charge in [-0.1, -0.05) is 72.3 Å². The SMILES string of the molecule is C[C@H](Oc1ccc(Cl)cc1)C(=O)N1CCN(C(c2ccccc2)c2ccccc2)CC1. The molecular formula is C26H27ClN2O2. The molecule has 160 valence electrons. The Morgan fingerprint density at radius 3 is 1.84 bits per heavy atom. The quantitative estimate of drug-likeness (QED) is 0.544. The van der Waals surface area contributed by atoms with Gasteiger partial charge >= 0.3 is 0 Å². The Labute approximate surface area is 189 Å². The molecule has 0 N–H and O–H groups in total. The molecular weight excluding hydrogens is 408 g/mol.